The molecular weight excluding hydrogens is 440 g/mol. The lowest BCUT2D eigenvalue weighted by Gasteiger charge is -2.59. The zero-order valence-electron chi connectivity index (χ0n) is 21.8. The monoisotopic (exact) mass is 482 g/mol. The molecule has 4 aliphatic rings. The Labute approximate surface area is 209 Å². The number of fused-ring (bicyclic) bond motifs is 5. The topological polar surface area (TPSA) is 76.0 Å². The van der Waals surface area contributed by atoms with Crippen LogP contribution in [0.1, 0.15) is 84.6 Å². The van der Waals surface area contributed by atoms with Crippen LogP contribution >= 0.6 is 0 Å². The van der Waals surface area contributed by atoms with E-state index in [0.717, 1.165) is 43.4 Å². The molecule has 192 valence electrons. The van der Waals surface area contributed by atoms with Gasteiger partial charge in [-0.3, -0.25) is 4.79 Å². The van der Waals surface area contributed by atoms with Gasteiger partial charge in [0.15, 0.2) is 11.6 Å². The molecule has 7 unspecified atom stereocenters. The van der Waals surface area contributed by atoms with Crippen LogP contribution in [0.4, 0.5) is 0 Å². The molecule has 0 bridgehead atoms. The van der Waals surface area contributed by atoms with Crippen LogP contribution in [0.3, 0.4) is 0 Å². The Bertz CT molecular complexity index is 1000. The summed E-state index contributed by atoms with van der Waals surface area (Å²) < 4.78 is 11.6. The SMILES string of the molecule is CCOc1ccc(COC2(O)CCC3(C)C(=CCC4C3CCC3(C)C4CCC3(O)C(C)=O)C2)cc1. The summed E-state index contributed by atoms with van der Waals surface area (Å²) >= 11 is 0. The lowest BCUT2D eigenvalue weighted by molar-refractivity contribution is -0.232. The molecule has 5 nitrogen and oxygen atoms in total. The van der Waals surface area contributed by atoms with E-state index in [9.17, 15) is 15.0 Å². The van der Waals surface area contributed by atoms with Gasteiger partial charge in [-0.25, -0.2) is 0 Å². The Kier molecular flexibility index (Phi) is 6.22. The second-order valence-electron chi connectivity index (χ2n) is 12.2. The highest BCUT2D eigenvalue weighted by Crippen LogP contribution is 2.67. The second-order valence-corrected chi connectivity index (χ2v) is 12.2. The molecule has 4 aliphatic carbocycles. The van der Waals surface area contributed by atoms with Crippen LogP contribution in [0, 0.1) is 28.6 Å². The van der Waals surface area contributed by atoms with Crippen LogP contribution in [0.25, 0.3) is 0 Å². The van der Waals surface area contributed by atoms with Gasteiger partial charge in [-0.15, -0.1) is 0 Å². The maximum atomic E-state index is 12.5. The average molecular weight is 483 g/mol. The van der Waals surface area contributed by atoms with E-state index < -0.39 is 11.4 Å². The largest absolute Gasteiger partial charge is 0.494 e. The molecule has 35 heavy (non-hydrogen) atoms. The summed E-state index contributed by atoms with van der Waals surface area (Å²) in [5.74, 6) is 1.05. The van der Waals surface area contributed by atoms with Crippen molar-refractivity contribution in [1.29, 1.82) is 0 Å². The molecule has 1 aromatic carbocycles. The summed E-state index contributed by atoms with van der Waals surface area (Å²) in [5, 5.41) is 22.7. The molecule has 0 spiro atoms. The maximum Gasteiger partial charge on any atom is 0.169 e. The molecule has 7 atom stereocenters. The highest BCUT2D eigenvalue weighted by molar-refractivity contribution is 5.86. The van der Waals surface area contributed by atoms with E-state index in [1.54, 1.807) is 6.92 Å². The number of hydrogen-bond acceptors (Lipinski definition) is 5. The highest BCUT2D eigenvalue weighted by Gasteiger charge is 2.65. The number of allylic oxidation sites excluding steroid dienone is 1. The minimum Gasteiger partial charge on any atom is -0.494 e. The van der Waals surface area contributed by atoms with Gasteiger partial charge in [0.05, 0.1) is 13.2 Å². The standard InChI is InChI=1S/C30H42O5/c1-5-34-23-9-6-21(7-10-23)19-35-29(32)17-16-27(3)22(18-29)8-11-24-25(27)12-14-28(4)26(24)13-15-30(28,33)20(2)31/h6-10,24-26,32-33H,5,11-19H2,1-4H3. The van der Waals surface area contributed by atoms with Gasteiger partial charge in [-0.1, -0.05) is 37.6 Å². The van der Waals surface area contributed by atoms with Crippen molar-refractivity contribution in [2.24, 2.45) is 28.6 Å². The number of aliphatic hydroxyl groups is 2. The van der Waals surface area contributed by atoms with Crippen LogP contribution < -0.4 is 4.74 Å². The van der Waals surface area contributed by atoms with Gasteiger partial charge < -0.3 is 19.7 Å². The van der Waals surface area contributed by atoms with E-state index in [1.807, 2.05) is 31.2 Å². The number of ether oxygens (including phenoxy) is 2. The van der Waals surface area contributed by atoms with Gasteiger partial charge in [0.1, 0.15) is 11.4 Å². The van der Waals surface area contributed by atoms with Crippen molar-refractivity contribution >= 4 is 5.78 Å². The minimum absolute atomic E-state index is 0.0515. The fourth-order valence-electron chi connectivity index (χ4n) is 8.40. The van der Waals surface area contributed by atoms with E-state index in [-0.39, 0.29) is 16.6 Å². The normalized spacial score (nSPS) is 42.5. The van der Waals surface area contributed by atoms with Crippen molar-refractivity contribution in [3.8, 4) is 5.75 Å². The number of ketones is 1. The first-order valence-corrected chi connectivity index (χ1v) is 13.6. The fraction of sp³-hybridized carbons (Fsp3) is 0.700. The third-order valence-corrected chi connectivity index (χ3v) is 10.6. The van der Waals surface area contributed by atoms with Crippen LogP contribution in [-0.4, -0.2) is 34.0 Å². The van der Waals surface area contributed by atoms with Crippen molar-refractivity contribution < 1.29 is 24.5 Å². The lowest BCUT2D eigenvalue weighted by atomic mass is 9.46. The molecule has 0 heterocycles. The predicted molar refractivity (Wildman–Crippen MR) is 135 cm³/mol. The highest BCUT2D eigenvalue weighted by atomic mass is 16.6. The minimum atomic E-state index is -1.17. The van der Waals surface area contributed by atoms with Gasteiger partial charge in [-0.2, -0.15) is 0 Å². The maximum absolute atomic E-state index is 12.5. The molecule has 0 radical (unpaired) electrons. The first-order valence-electron chi connectivity index (χ1n) is 13.6. The fourth-order valence-corrected chi connectivity index (χ4v) is 8.40. The van der Waals surface area contributed by atoms with E-state index >= 15 is 0 Å². The molecule has 5 rings (SSSR count). The number of rotatable bonds is 6. The van der Waals surface area contributed by atoms with Gasteiger partial charge in [-0.05, 0) is 93.2 Å². The van der Waals surface area contributed by atoms with Crippen LogP contribution in [-0.2, 0) is 16.1 Å². The summed E-state index contributed by atoms with van der Waals surface area (Å²) in [4.78, 5) is 12.5. The smallest absolute Gasteiger partial charge is 0.169 e. The Morgan fingerprint density at radius 3 is 2.43 bits per heavy atom. The molecule has 1 aromatic rings. The molecule has 5 heteroatoms. The van der Waals surface area contributed by atoms with Crippen LogP contribution in [0.2, 0.25) is 0 Å². The number of Topliss-reactive ketones (excluding diaryl/α,β-unsaturated/α-hetero) is 1. The molecule has 3 fully saturated rings. The Morgan fingerprint density at radius 1 is 1.03 bits per heavy atom. The quantitative estimate of drug-likeness (QED) is 0.409. The summed E-state index contributed by atoms with van der Waals surface area (Å²) in [7, 11) is 0. The van der Waals surface area contributed by atoms with Crippen molar-refractivity contribution in [3.05, 3.63) is 41.5 Å². The Balaban J connectivity index is 1.30. The molecular formula is C30H42O5. The van der Waals surface area contributed by atoms with Gasteiger partial charge in [0.25, 0.3) is 0 Å². The van der Waals surface area contributed by atoms with Crippen molar-refractivity contribution in [1.82, 2.24) is 0 Å². The Morgan fingerprint density at radius 2 is 1.74 bits per heavy atom. The summed E-state index contributed by atoms with van der Waals surface area (Å²) in [6, 6.07) is 7.88. The number of hydrogen-bond donors (Lipinski definition) is 2. The molecule has 0 amide bonds. The van der Waals surface area contributed by atoms with Crippen LogP contribution in [0.5, 0.6) is 5.75 Å². The third kappa shape index (κ3) is 3.89. The third-order valence-electron chi connectivity index (χ3n) is 10.6. The van der Waals surface area contributed by atoms with Gasteiger partial charge >= 0.3 is 0 Å². The predicted octanol–water partition coefficient (Wildman–Crippen LogP) is 5.57. The Hall–Kier alpha value is -1.69. The van der Waals surface area contributed by atoms with Gasteiger partial charge in [0.2, 0.25) is 0 Å². The zero-order chi connectivity index (χ0) is 25.1. The van der Waals surface area contributed by atoms with E-state index in [2.05, 4.69) is 19.9 Å². The molecule has 2 N–H and O–H groups in total. The summed E-state index contributed by atoms with van der Waals surface area (Å²) in [6.45, 7) is 9.10. The summed E-state index contributed by atoms with van der Waals surface area (Å²) in [5.41, 5.74) is 0.921. The first-order chi connectivity index (χ1) is 16.5. The van der Waals surface area contributed by atoms with Crippen molar-refractivity contribution in [2.45, 2.75) is 97.1 Å². The molecule has 0 saturated heterocycles. The van der Waals surface area contributed by atoms with Gasteiger partial charge in [0, 0.05) is 18.3 Å². The van der Waals surface area contributed by atoms with E-state index in [0.29, 0.717) is 50.2 Å². The molecule has 0 aromatic heterocycles. The first kappa shape index (κ1) is 25.0. The second kappa shape index (κ2) is 8.71. The number of benzene rings is 1. The molecule has 3 saturated carbocycles. The van der Waals surface area contributed by atoms with Crippen molar-refractivity contribution in [3.63, 3.8) is 0 Å². The van der Waals surface area contributed by atoms with E-state index in [1.165, 1.54) is 5.57 Å². The number of carbonyl (C=O) groups excluding carboxylic acids is 1. The summed E-state index contributed by atoms with van der Waals surface area (Å²) in [6.07, 6.45) is 8.88. The lowest BCUT2D eigenvalue weighted by Crippen LogP contribution is -2.57. The van der Waals surface area contributed by atoms with Crippen molar-refractivity contribution in [2.75, 3.05) is 6.61 Å². The molecule has 0 aliphatic heterocycles. The number of carbonyl (C=O) groups is 1. The zero-order valence-corrected chi connectivity index (χ0v) is 21.8. The van der Waals surface area contributed by atoms with E-state index in [4.69, 9.17) is 9.47 Å². The van der Waals surface area contributed by atoms with Crippen LogP contribution in [0.15, 0.2) is 35.9 Å². The average Bonchev–Trinajstić information content (AvgIpc) is 3.11.